The van der Waals surface area contributed by atoms with Gasteiger partial charge in [0.2, 0.25) is 0 Å². The second kappa shape index (κ2) is 7.11. The van der Waals surface area contributed by atoms with Gasteiger partial charge in [-0.3, -0.25) is 0 Å². The lowest BCUT2D eigenvalue weighted by Gasteiger charge is -2.11. The van der Waals surface area contributed by atoms with E-state index in [0.717, 1.165) is 12.8 Å². The van der Waals surface area contributed by atoms with Crippen molar-refractivity contribution in [2.24, 2.45) is 5.92 Å². The Labute approximate surface area is 75.8 Å². The number of hydrogen-bond acceptors (Lipinski definition) is 1. The Morgan fingerprint density at radius 1 is 1.50 bits per heavy atom. The van der Waals surface area contributed by atoms with Gasteiger partial charge >= 0.3 is 0 Å². The van der Waals surface area contributed by atoms with Gasteiger partial charge in [-0.05, 0) is 25.7 Å². The van der Waals surface area contributed by atoms with Crippen molar-refractivity contribution in [3.8, 4) is 0 Å². The SMILES string of the molecule is C/C=C\C=C(/CC)C(C)CCO. The lowest BCUT2D eigenvalue weighted by molar-refractivity contribution is 0.270. The van der Waals surface area contributed by atoms with E-state index in [-0.39, 0.29) is 6.61 Å². The number of allylic oxidation sites excluding steroid dienone is 4. The second-order valence-corrected chi connectivity index (χ2v) is 3.03. The van der Waals surface area contributed by atoms with E-state index in [1.54, 1.807) is 0 Å². The summed E-state index contributed by atoms with van der Waals surface area (Å²) in [7, 11) is 0. The fourth-order valence-corrected chi connectivity index (χ4v) is 1.23. The first-order chi connectivity index (χ1) is 5.76. The van der Waals surface area contributed by atoms with Gasteiger partial charge in [-0.25, -0.2) is 0 Å². The summed E-state index contributed by atoms with van der Waals surface area (Å²) in [6.45, 7) is 6.62. The summed E-state index contributed by atoms with van der Waals surface area (Å²) >= 11 is 0. The molecule has 0 aliphatic rings. The molecule has 0 spiro atoms. The molecule has 1 N–H and O–H groups in total. The summed E-state index contributed by atoms with van der Waals surface area (Å²) in [4.78, 5) is 0. The summed E-state index contributed by atoms with van der Waals surface area (Å²) < 4.78 is 0. The van der Waals surface area contributed by atoms with E-state index in [4.69, 9.17) is 5.11 Å². The zero-order valence-electron chi connectivity index (χ0n) is 8.38. The van der Waals surface area contributed by atoms with Crippen LogP contribution in [-0.2, 0) is 0 Å². The smallest absolute Gasteiger partial charge is 0.0436 e. The van der Waals surface area contributed by atoms with E-state index < -0.39 is 0 Å². The Morgan fingerprint density at radius 2 is 2.17 bits per heavy atom. The minimum Gasteiger partial charge on any atom is -0.396 e. The average Bonchev–Trinajstić information content (AvgIpc) is 2.06. The van der Waals surface area contributed by atoms with Crippen LogP contribution in [0.15, 0.2) is 23.8 Å². The van der Waals surface area contributed by atoms with Gasteiger partial charge in [0.25, 0.3) is 0 Å². The first-order valence-corrected chi connectivity index (χ1v) is 4.68. The molecule has 0 bridgehead atoms. The molecule has 1 nitrogen and oxygen atoms in total. The molecule has 0 aliphatic heterocycles. The third kappa shape index (κ3) is 4.35. The maximum Gasteiger partial charge on any atom is 0.0436 e. The van der Waals surface area contributed by atoms with Crippen LogP contribution >= 0.6 is 0 Å². The summed E-state index contributed by atoms with van der Waals surface area (Å²) in [6, 6.07) is 0. The van der Waals surface area contributed by atoms with Crippen LogP contribution in [0.4, 0.5) is 0 Å². The third-order valence-corrected chi connectivity index (χ3v) is 2.11. The van der Waals surface area contributed by atoms with E-state index in [1.807, 2.05) is 13.0 Å². The van der Waals surface area contributed by atoms with Gasteiger partial charge in [0.05, 0.1) is 0 Å². The molecule has 0 amide bonds. The Hall–Kier alpha value is -0.560. The first kappa shape index (κ1) is 11.4. The van der Waals surface area contributed by atoms with Gasteiger partial charge in [0, 0.05) is 6.61 Å². The molecule has 0 aromatic heterocycles. The molecule has 12 heavy (non-hydrogen) atoms. The van der Waals surface area contributed by atoms with Gasteiger partial charge in [0.15, 0.2) is 0 Å². The van der Waals surface area contributed by atoms with Crippen LogP contribution < -0.4 is 0 Å². The normalized spacial score (nSPS) is 15.5. The molecule has 70 valence electrons. The largest absolute Gasteiger partial charge is 0.396 e. The zero-order valence-corrected chi connectivity index (χ0v) is 8.38. The number of hydrogen-bond donors (Lipinski definition) is 1. The van der Waals surface area contributed by atoms with Crippen molar-refractivity contribution in [2.75, 3.05) is 6.61 Å². The highest BCUT2D eigenvalue weighted by Crippen LogP contribution is 2.17. The van der Waals surface area contributed by atoms with Crippen LogP contribution in [0.2, 0.25) is 0 Å². The van der Waals surface area contributed by atoms with Crippen molar-refractivity contribution in [3.63, 3.8) is 0 Å². The van der Waals surface area contributed by atoms with Crippen LogP contribution in [0.5, 0.6) is 0 Å². The predicted octanol–water partition coefficient (Wildman–Crippen LogP) is 2.92. The minimum atomic E-state index is 0.286. The molecule has 1 heteroatoms. The van der Waals surface area contributed by atoms with Crippen LogP contribution in [0.25, 0.3) is 0 Å². The fourth-order valence-electron chi connectivity index (χ4n) is 1.23. The molecule has 1 atom stereocenters. The van der Waals surface area contributed by atoms with E-state index in [0.29, 0.717) is 5.92 Å². The van der Waals surface area contributed by atoms with Crippen molar-refractivity contribution in [1.29, 1.82) is 0 Å². The van der Waals surface area contributed by atoms with Gasteiger partial charge in [-0.2, -0.15) is 0 Å². The molecule has 1 unspecified atom stereocenters. The van der Waals surface area contributed by atoms with E-state index in [2.05, 4.69) is 26.0 Å². The summed E-state index contributed by atoms with van der Waals surface area (Å²) in [6.07, 6.45) is 8.19. The van der Waals surface area contributed by atoms with Crippen molar-refractivity contribution < 1.29 is 5.11 Å². The van der Waals surface area contributed by atoms with E-state index in [1.165, 1.54) is 5.57 Å². The molecule has 0 fully saturated rings. The van der Waals surface area contributed by atoms with E-state index >= 15 is 0 Å². The maximum atomic E-state index is 8.76. The van der Waals surface area contributed by atoms with Crippen molar-refractivity contribution >= 4 is 0 Å². The molecule has 0 aliphatic carbocycles. The summed E-state index contributed by atoms with van der Waals surface area (Å²) in [5.41, 5.74) is 1.42. The highest BCUT2D eigenvalue weighted by atomic mass is 16.3. The summed E-state index contributed by atoms with van der Waals surface area (Å²) in [5, 5.41) is 8.76. The monoisotopic (exact) mass is 168 g/mol. The Morgan fingerprint density at radius 3 is 2.58 bits per heavy atom. The maximum absolute atomic E-state index is 8.76. The van der Waals surface area contributed by atoms with Crippen LogP contribution in [-0.4, -0.2) is 11.7 Å². The number of aliphatic hydroxyl groups is 1. The van der Waals surface area contributed by atoms with Crippen LogP contribution in [0.3, 0.4) is 0 Å². The molecule has 0 saturated heterocycles. The predicted molar refractivity (Wildman–Crippen MR) is 54.1 cm³/mol. The summed E-state index contributed by atoms with van der Waals surface area (Å²) in [5.74, 6) is 0.510. The van der Waals surface area contributed by atoms with Gasteiger partial charge < -0.3 is 5.11 Å². The van der Waals surface area contributed by atoms with Crippen LogP contribution in [0, 0.1) is 5.92 Å². The Balaban J connectivity index is 4.12. The van der Waals surface area contributed by atoms with Gasteiger partial charge in [-0.1, -0.05) is 37.6 Å². The van der Waals surface area contributed by atoms with Crippen LogP contribution in [0.1, 0.15) is 33.6 Å². The van der Waals surface area contributed by atoms with Gasteiger partial charge in [-0.15, -0.1) is 0 Å². The topological polar surface area (TPSA) is 20.2 Å². The molecular weight excluding hydrogens is 148 g/mol. The quantitative estimate of drug-likeness (QED) is 0.626. The van der Waals surface area contributed by atoms with E-state index in [9.17, 15) is 0 Å². The third-order valence-electron chi connectivity index (χ3n) is 2.11. The fraction of sp³-hybridized carbons (Fsp3) is 0.636. The van der Waals surface area contributed by atoms with Crippen molar-refractivity contribution in [1.82, 2.24) is 0 Å². The number of aliphatic hydroxyl groups excluding tert-OH is 1. The highest BCUT2D eigenvalue weighted by Gasteiger charge is 2.04. The molecule has 0 rings (SSSR count). The molecule has 0 saturated carbocycles. The first-order valence-electron chi connectivity index (χ1n) is 4.68. The lowest BCUT2D eigenvalue weighted by atomic mass is 9.95. The molecular formula is C11H20O. The van der Waals surface area contributed by atoms with Gasteiger partial charge in [0.1, 0.15) is 0 Å². The lowest BCUT2D eigenvalue weighted by Crippen LogP contribution is -2.01. The Kier molecular flexibility index (Phi) is 6.78. The average molecular weight is 168 g/mol. The number of rotatable bonds is 5. The molecule has 0 aromatic carbocycles. The van der Waals surface area contributed by atoms with Crippen molar-refractivity contribution in [2.45, 2.75) is 33.6 Å². The molecule has 0 radical (unpaired) electrons. The van der Waals surface area contributed by atoms with Crippen molar-refractivity contribution in [3.05, 3.63) is 23.8 Å². The minimum absolute atomic E-state index is 0.286. The second-order valence-electron chi connectivity index (χ2n) is 3.03. The zero-order chi connectivity index (χ0) is 9.40. The standard InChI is InChI=1S/C11H20O/c1-4-6-7-11(5-2)10(3)8-9-12/h4,6-7,10,12H,5,8-9H2,1-3H3/b6-4-,11-7+. The highest BCUT2D eigenvalue weighted by molar-refractivity contribution is 5.13. The Bertz CT molecular complexity index is 156. The molecule has 0 heterocycles. The molecule has 0 aromatic rings.